The van der Waals surface area contributed by atoms with E-state index in [4.69, 9.17) is 5.73 Å². The van der Waals surface area contributed by atoms with Crippen LogP contribution in [0.2, 0.25) is 0 Å². The molecule has 3 N–H and O–H groups in total. The number of likely N-dealkylation sites (tertiary alicyclic amines) is 1. The topological polar surface area (TPSA) is 141 Å². The van der Waals surface area contributed by atoms with Crippen LogP contribution in [0, 0.1) is 12.8 Å². The zero-order valence-corrected chi connectivity index (χ0v) is 21.3. The standard InChI is InChI=1S/C26H31N7O4/c1-5-19(17-9-7-6-8-10-17)29-26(37)33-22(24(36)32(4)25-30-21(34)14-31(25)3)18(23(33)35)12-16-11-15(2)28-20(27)13-16/h6-11,13,18-19,22H,5,12,14H2,1-4H3,(H2,27,28)(H,29,37)/t18-,19?,22+/m1/s1. The van der Waals surface area contributed by atoms with Crippen LogP contribution >= 0.6 is 0 Å². The van der Waals surface area contributed by atoms with Crippen molar-refractivity contribution in [2.24, 2.45) is 10.9 Å². The Labute approximate surface area is 215 Å². The Morgan fingerprint density at radius 2 is 1.92 bits per heavy atom. The molecule has 1 unspecified atom stereocenters. The lowest BCUT2D eigenvalue weighted by Gasteiger charge is -2.46. The quantitative estimate of drug-likeness (QED) is 0.567. The van der Waals surface area contributed by atoms with Gasteiger partial charge in [-0.1, -0.05) is 37.3 Å². The number of benzene rings is 1. The van der Waals surface area contributed by atoms with Crippen LogP contribution in [0.25, 0.3) is 0 Å². The van der Waals surface area contributed by atoms with Gasteiger partial charge in [0, 0.05) is 19.8 Å². The molecule has 2 aliphatic rings. The average molecular weight is 506 g/mol. The summed E-state index contributed by atoms with van der Waals surface area (Å²) in [6.45, 7) is 3.77. The van der Waals surface area contributed by atoms with Gasteiger partial charge in [-0.15, -0.1) is 0 Å². The lowest BCUT2D eigenvalue weighted by atomic mass is 9.81. The number of urea groups is 1. The normalized spacial score (nSPS) is 19.8. The molecule has 2 aliphatic heterocycles. The average Bonchev–Trinajstić information content (AvgIpc) is 3.20. The van der Waals surface area contributed by atoms with Gasteiger partial charge in [-0.25, -0.2) is 9.78 Å². The summed E-state index contributed by atoms with van der Waals surface area (Å²) < 4.78 is 0. The molecule has 11 nitrogen and oxygen atoms in total. The van der Waals surface area contributed by atoms with E-state index in [2.05, 4.69) is 15.3 Å². The minimum Gasteiger partial charge on any atom is -0.384 e. The van der Waals surface area contributed by atoms with Crippen molar-refractivity contribution in [3.8, 4) is 0 Å². The van der Waals surface area contributed by atoms with Crippen molar-refractivity contribution >= 4 is 35.5 Å². The van der Waals surface area contributed by atoms with Gasteiger partial charge in [0.15, 0.2) is 0 Å². The molecule has 5 amide bonds. The highest BCUT2D eigenvalue weighted by Gasteiger charge is 2.56. The van der Waals surface area contributed by atoms with Crippen LogP contribution in [0.4, 0.5) is 10.6 Å². The number of aromatic nitrogens is 1. The zero-order chi connectivity index (χ0) is 26.9. The van der Waals surface area contributed by atoms with Crippen molar-refractivity contribution in [1.82, 2.24) is 25.0 Å². The van der Waals surface area contributed by atoms with Crippen LogP contribution in [-0.4, -0.2) is 76.1 Å². The van der Waals surface area contributed by atoms with E-state index in [9.17, 15) is 19.2 Å². The Balaban J connectivity index is 1.61. The predicted octanol–water partition coefficient (Wildman–Crippen LogP) is 1.49. The maximum Gasteiger partial charge on any atom is 0.325 e. The first-order chi connectivity index (χ1) is 17.6. The number of hydrogen-bond acceptors (Lipinski definition) is 7. The molecule has 37 heavy (non-hydrogen) atoms. The maximum absolute atomic E-state index is 13.7. The van der Waals surface area contributed by atoms with Gasteiger partial charge >= 0.3 is 6.03 Å². The van der Waals surface area contributed by atoms with E-state index in [0.29, 0.717) is 17.9 Å². The second kappa shape index (κ2) is 10.4. The van der Waals surface area contributed by atoms with Gasteiger partial charge in [0.25, 0.3) is 11.8 Å². The molecule has 4 rings (SSSR count). The molecule has 3 heterocycles. The molecule has 0 saturated carbocycles. The lowest BCUT2D eigenvalue weighted by Crippen LogP contribution is -2.71. The van der Waals surface area contributed by atoms with Gasteiger partial charge in [-0.3, -0.25) is 24.2 Å². The highest BCUT2D eigenvalue weighted by Crippen LogP contribution is 2.33. The van der Waals surface area contributed by atoms with E-state index in [0.717, 1.165) is 16.0 Å². The molecule has 11 heteroatoms. The minimum absolute atomic E-state index is 0.0506. The Morgan fingerprint density at radius 1 is 1.22 bits per heavy atom. The Hall–Kier alpha value is -4.28. The predicted molar refractivity (Wildman–Crippen MR) is 137 cm³/mol. The summed E-state index contributed by atoms with van der Waals surface area (Å²) in [5.41, 5.74) is 8.21. The molecule has 1 aromatic carbocycles. The summed E-state index contributed by atoms with van der Waals surface area (Å²) in [7, 11) is 3.13. The maximum atomic E-state index is 13.7. The van der Waals surface area contributed by atoms with Gasteiger partial charge in [-0.05, 0) is 43.0 Å². The highest BCUT2D eigenvalue weighted by atomic mass is 16.2. The SMILES string of the molecule is CCC(NC(=O)N1C(=O)[C@H](Cc2cc(C)nc(N)c2)[C@H]1C(=O)N(C)C1=NC(=O)CN1C)c1ccccc1. The number of carbonyl (C=O) groups excluding carboxylic acids is 4. The summed E-state index contributed by atoms with van der Waals surface area (Å²) >= 11 is 0. The summed E-state index contributed by atoms with van der Waals surface area (Å²) in [4.78, 5) is 64.0. The molecule has 3 atom stereocenters. The first-order valence-corrected chi connectivity index (χ1v) is 12.1. The van der Waals surface area contributed by atoms with Crippen LogP contribution in [0.15, 0.2) is 47.5 Å². The number of likely N-dealkylation sites (N-methyl/N-ethyl adjacent to an activating group) is 2. The third kappa shape index (κ3) is 5.16. The van der Waals surface area contributed by atoms with Crippen molar-refractivity contribution in [3.05, 3.63) is 59.3 Å². The molecule has 1 saturated heterocycles. The number of imide groups is 1. The van der Waals surface area contributed by atoms with Crippen LogP contribution in [0.1, 0.15) is 36.2 Å². The Bertz CT molecular complexity index is 1240. The lowest BCUT2D eigenvalue weighted by molar-refractivity contribution is -0.160. The number of amides is 5. The number of nitrogens with two attached hydrogens (primary N) is 1. The Morgan fingerprint density at radius 3 is 2.51 bits per heavy atom. The fourth-order valence-corrected chi connectivity index (χ4v) is 4.86. The summed E-state index contributed by atoms with van der Waals surface area (Å²) in [5.74, 6) is -1.64. The van der Waals surface area contributed by atoms with Gasteiger partial charge in [0.05, 0.1) is 12.0 Å². The largest absolute Gasteiger partial charge is 0.384 e. The smallest absolute Gasteiger partial charge is 0.325 e. The number of hydrogen-bond donors (Lipinski definition) is 2. The molecule has 0 aliphatic carbocycles. The number of guanidine groups is 1. The van der Waals surface area contributed by atoms with Crippen molar-refractivity contribution in [3.63, 3.8) is 0 Å². The van der Waals surface area contributed by atoms with Crippen molar-refractivity contribution in [2.45, 2.75) is 38.8 Å². The second-order valence-electron chi connectivity index (χ2n) is 9.39. The third-order valence-electron chi connectivity index (χ3n) is 6.65. The van der Waals surface area contributed by atoms with Crippen molar-refractivity contribution in [1.29, 1.82) is 0 Å². The van der Waals surface area contributed by atoms with Crippen molar-refractivity contribution in [2.75, 3.05) is 26.4 Å². The molecule has 2 aromatic rings. The second-order valence-corrected chi connectivity index (χ2v) is 9.39. The zero-order valence-electron chi connectivity index (χ0n) is 21.3. The summed E-state index contributed by atoms with van der Waals surface area (Å²) in [6, 6.07) is 10.8. The fraction of sp³-hybridized carbons (Fsp3) is 0.385. The number of aryl methyl sites for hydroxylation is 1. The number of pyridine rings is 1. The first-order valence-electron chi connectivity index (χ1n) is 12.1. The molecule has 0 radical (unpaired) electrons. The van der Waals surface area contributed by atoms with Crippen LogP contribution < -0.4 is 11.1 Å². The molecule has 0 bridgehead atoms. The summed E-state index contributed by atoms with van der Waals surface area (Å²) in [6.07, 6.45) is 0.802. The number of β-lactam (4-membered cyclic amide) rings is 1. The monoisotopic (exact) mass is 505 g/mol. The highest BCUT2D eigenvalue weighted by molar-refractivity contribution is 6.14. The van der Waals surface area contributed by atoms with Gasteiger partial charge in [0.2, 0.25) is 11.9 Å². The number of anilines is 1. The number of aliphatic imine (C=N–C) groups is 1. The van der Waals surface area contributed by atoms with Gasteiger partial charge < -0.3 is 16.0 Å². The molecule has 0 spiro atoms. The van der Waals surface area contributed by atoms with E-state index in [1.54, 1.807) is 31.0 Å². The van der Waals surface area contributed by atoms with Crippen LogP contribution in [0.3, 0.4) is 0 Å². The van der Waals surface area contributed by atoms with E-state index < -0.39 is 29.8 Å². The number of nitrogens with one attached hydrogen (secondary N) is 1. The molecule has 1 fully saturated rings. The number of rotatable bonds is 6. The van der Waals surface area contributed by atoms with E-state index >= 15 is 0 Å². The molecular weight excluding hydrogens is 474 g/mol. The van der Waals surface area contributed by atoms with Crippen LogP contribution in [0.5, 0.6) is 0 Å². The number of carbonyl (C=O) groups is 4. The Kier molecular flexibility index (Phi) is 7.23. The first kappa shape index (κ1) is 25.8. The van der Waals surface area contributed by atoms with Crippen molar-refractivity contribution < 1.29 is 19.2 Å². The third-order valence-corrected chi connectivity index (χ3v) is 6.65. The minimum atomic E-state index is -1.08. The fourth-order valence-electron chi connectivity index (χ4n) is 4.86. The number of nitrogen functional groups attached to an aromatic ring is 1. The molecule has 1 aromatic heterocycles. The van der Waals surface area contributed by atoms with E-state index in [1.165, 1.54) is 11.9 Å². The van der Waals surface area contributed by atoms with E-state index in [-0.39, 0.29) is 30.9 Å². The van der Waals surface area contributed by atoms with Crippen LogP contribution in [-0.2, 0) is 20.8 Å². The summed E-state index contributed by atoms with van der Waals surface area (Å²) in [5, 5.41) is 2.90. The van der Waals surface area contributed by atoms with E-state index in [1.807, 2.05) is 37.3 Å². The van der Waals surface area contributed by atoms with Gasteiger partial charge in [0.1, 0.15) is 18.4 Å². The number of nitrogens with zero attached hydrogens (tertiary/aromatic N) is 5. The molecular formula is C26H31N7O4. The molecule has 194 valence electrons. The van der Waals surface area contributed by atoms with Gasteiger partial charge in [-0.2, -0.15) is 4.99 Å².